The number of rotatable bonds is 3. The second-order valence-electron chi connectivity index (χ2n) is 4.73. The van der Waals surface area contributed by atoms with E-state index < -0.39 is 0 Å². The molecular formula is C14H19Cl2N5. The minimum Gasteiger partial charge on any atom is -0.366 e. The summed E-state index contributed by atoms with van der Waals surface area (Å²) in [6, 6.07) is 6.24. The molecule has 0 aliphatic heterocycles. The average Bonchev–Trinajstić information content (AvgIpc) is 2.79. The Balaban J connectivity index is 0.00000110. The van der Waals surface area contributed by atoms with Crippen molar-refractivity contribution < 1.29 is 0 Å². The van der Waals surface area contributed by atoms with Gasteiger partial charge in [-0.15, -0.1) is 24.8 Å². The molecule has 0 aliphatic rings. The lowest BCUT2D eigenvalue weighted by molar-refractivity contribution is 1.01. The summed E-state index contributed by atoms with van der Waals surface area (Å²) in [6.07, 6.45) is 1.87. The molecule has 114 valence electrons. The van der Waals surface area contributed by atoms with Crippen LogP contribution >= 0.6 is 24.8 Å². The number of hydrogen-bond acceptors (Lipinski definition) is 4. The quantitative estimate of drug-likeness (QED) is 0.776. The topological polar surface area (TPSA) is 68.2 Å². The number of aromatic nitrogens is 3. The first-order valence-electron chi connectivity index (χ1n) is 6.39. The van der Waals surface area contributed by atoms with Crippen LogP contribution in [-0.4, -0.2) is 27.5 Å². The summed E-state index contributed by atoms with van der Waals surface area (Å²) >= 11 is 0. The van der Waals surface area contributed by atoms with Gasteiger partial charge in [0.2, 0.25) is 0 Å². The Morgan fingerprint density at radius 2 is 2.00 bits per heavy atom. The molecular weight excluding hydrogens is 309 g/mol. The van der Waals surface area contributed by atoms with Gasteiger partial charge in [-0.25, -0.2) is 9.97 Å². The summed E-state index contributed by atoms with van der Waals surface area (Å²) < 4.78 is 2.13. The van der Waals surface area contributed by atoms with Crippen LogP contribution in [0.15, 0.2) is 24.4 Å². The molecule has 1 aromatic carbocycles. The number of aryl methyl sites for hydroxylation is 2. The highest BCUT2D eigenvalue weighted by atomic mass is 35.5. The van der Waals surface area contributed by atoms with Gasteiger partial charge >= 0.3 is 0 Å². The first-order valence-corrected chi connectivity index (χ1v) is 6.39. The molecule has 0 saturated heterocycles. The molecule has 21 heavy (non-hydrogen) atoms. The summed E-state index contributed by atoms with van der Waals surface area (Å²) in [5.41, 5.74) is 10.8. The van der Waals surface area contributed by atoms with Crippen LogP contribution in [0.4, 0.5) is 5.82 Å². The van der Waals surface area contributed by atoms with E-state index in [2.05, 4.69) is 45.7 Å². The van der Waals surface area contributed by atoms with Crippen molar-refractivity contribution >= 4 is 47.3 Å². The Labute approximate surface area is 135 Å². The molecule has 3 aromatic rings. The largest absolute Gasteiger partial charge is 0.366 e. The van der Waals surface area contributed by atoms with E-state index in [0.29, 0.717) is 13.1 Å². The van der Waals surface area contributed by atoms with E-state index in [4.69, 9.17) is 5.73 Å². The van der Waals surface area contributed by atoms with Crippen molar-refractivity contribution in [2.45, 2.75) is 13.8 Å². The fourth-order valence-corrected chi connectivity index (χ4v) is 2.29. The fourth-order valence-electron chi connectivity index (χ4n) is 2.29. The number of nitrogens with one attached hydrogen (secondary N) is 1. The molecule has 3 rings (SSSR count). The fraction of sp³-hybridized carbons (Fsp3) is 0.286. The van der Waals surface area contributed by atoms with Crippen molar-refractivity contribution in [3.8, 4) is 0 Å². The molecule has 3 N–H and O–H groups in total. The normalized spacial score (nSPS) is 10.2. The Morgan fingerprint density at radius 3 is 2.71 bits per heavy atom. The van der Waals surface area contributed by atoms with E-state index in [0.717, 1.165) is 28.2 Å². The smallest absolute Gasteiger partial charge is 0.180 e. The summed E-state index contributed by atoms with van der Waals surface area (Å²) in [4.78, 5) is 9.09. The number of benzene rings is 1. The van der Waals surface area contributed by atoms with Gasteiger partial charge in [0.25, 0.3) is 0 Å². The first kappa shape index (κ1) is 17.5. The van der Waals surface area contributed by atoms with Gasteiger partial charge in [-0.3, -0.25) is 4.40 Å². The lowest BCUT2D eigenvalue weighted by Crippen LogP contribution is -2.15. The van der Waals surface area contributed by atoms with Crippen molar-refractivity contribution in [3.63, 3.8) is 0 Å². The second kappa shape index (κ2) is 6.93. The molecule has 5 nitrogen and oxygen atoms in total. The van der Waals surface area contributed by atoms with Gasteiger partial charge in [0.15, 0.2) is 11.5 Å². The van der Waals surface area contributed by atoms with E-state index in [1.54, 1.807) is 0 Å². The summed E-state index contributed by atoms with van der Waals surface area (Å²) in [5, 5.41) is 3.24. The number of imidazole rings is 1. The average molecular weight is 328 g/mol. The van der Waals surface area contributed by atoms with Gasteiger partial charge in [-0.05, 0) is 31.5 Å². The van der Waals surface area contributed by atoms with Crippen LogP contribution in [0, 0.1) is 13.8 Å². The number of halogens is 2. The van der Waals surface area contributed by atoms with Crippen molar-refractivity contribution in [1.29, 1.82) is 0 Å². The summed E-state index contributed by atoms with van der Waals surface area (Å²) in [5.74, 6) is 0.787. The minimum absolute atomic E-state index is 0. The molecule has 7 heteroatoms. The number of anilines is 1. The predicted molar refractivity (Wildman–Crippen MR) is 92.0 cm³/mol. The second-order valence-corrected chi connectivity index (χ2v) is 4.73. The third kappa shape index (κ3) is 3.05. The maximum absolute atomic E-state index is 5.54. The Bertz CT molecular complexity index is 754. The third-order valence-corrected chi connectivity index (χ3v) is 3.19. The molecule has 0 unspecified atom stereocenters. The lowest BCUT2D eigenvalue weighted by atomic mass is 10.2. The van der Waals surface area contributed by atoms with Crippen molar-refractivity contribution in [2.24, 2.45) is 5.73 Å². The van der Waals surface area contributed by atoms with Crippen LogP contribution < -0.4 is 11.1 Å². The minimum atomic E-state index is 0. The zero-order valence-corrected chi connectivity index (χ0v) is 13.6. The lowest BCUT2D eigenvalue weighted by Gasteiger charge is -2.10. The Kier molecular flexibility index (Phi) is 5.78. The van der Waals surface area contributed by atoms with Gasteiger partial charge in [-0.1, -0.05) is 6.07 Å². The van der Waals surface area contributed by atoms with Gasteiger partial charge in [0.05, 0.1) is 11.0 Å². The molecule has 0 amide bonds. The monoisotopic (exact) mass is 327 g/mol. The van der Waals surface area contributed by atoms with Crippen molar-refractivity contribution in [2.75, 3.05) is 18.4 Å². The van der Waals surface area contributed by atoms with Crippen LogP contribution in [0.1, 0.15) is 11.3 Å². The molecule has 0 fully saturated rings. The molecule has 0 spiro atoms. The SMILES string of the molecule is Cc1ccc2nc(NCCN)c3ncc(C)n3c2c1.Cl.Cl. The predicted octanol–water partition coefficient (Wildman–Crippen LogP) is 2.71. The zero-order chi connectivity index (χ0) is 13.4. The van der Waals surface area contributed by atoms with E-state index in [1.807, 2.05) is 12.3 Å². The van der Waals surface area contributed by atoms with Crippen LogP contribution in [0.25, 0.3) is 16.7 Å². The highest BCUT2D eigenvalue weighted by Gasteiger charge is 2.11. The number of fused-ring (bicyclic) bond motifs is 3. The van der Waals surface area contributed by atoms with E-state index >= 15 is 0 Å². The van der Waals surface area contributed by atoms with Crippen molar-refractivity contribution in [3.05, 3.63) is 35.7 Å². The first-order chi connectivity index (χ1) is 9.20. The highest BCUT2D eigenvalue weighted by Crippen LogP contribution is 2.23. The van der Waals surface area contributed by atoms with E-state index in [1.165, 1.54) is 5.56 Å². The maximum atomic E-state index is 5.54. The molecule has 0 radical (unpaired) electrons. The number of nitrogens with two attached hydrogens (primary N) is 1. The molecule has 2 heterocycles. The van der Waals surface area contributed by atoms with Crippen LogP contribution in [0.3, 0.4) is 0 Å². The summed E-state index contributed by atoms with van der Waals surface area (Å²) in [7, 11) is 0. The zero-order valence-electron chi connectivity index (χ0n) is 12.0. The molecule has 2 aromatic heterocycles. The van der Waals surface area contributed by atoms with E-state index in [-0.39, 0.29) is 24.8 Å². The number of hydrogen-bond donors (Lipinski definition) is 2. The van der Waals surface area contributed by atoms with Crippen molar-refractivity contribution in [1.82, 2.24) is 14.4 Å². The summed E-state index contributed by atoms with van der Waals surface area (Å²) in [6.45, 7) is 5.39. The van der Waals surface area contributed by atoms with Gasteiger partial charge in [-0.2, -0.15) is 0 Å². The van der Waals surface area contributed by atoms with Gasteiger partial charge in [0.1, 0.15) is 0 Å². The van der Waals surface area contributed by atoms with Crippen LogP contribution in [0.5, 0.6) is 0 Å². The molecule has 0 bridgehead atoms. The maximum Gasteiger partial charge on any atom is 0.180 e. The van der Waals surface area contributed by atoms with Crippen LogP contribution in [-0.2, 0) is 0 Å². The Morgan fingerprint density at radius 1 is 1.24 bits per heavy atom. The highest BCUT2D eigenvalue weighted by molar-refractivity contribution is 5.86. The molecule has 0 saturated carbocycles. The standard InChI is InChI=1S/C14H17N5.2ClH/c1-9-3-4-11-12(7-9)19-10(2)8-17-14(19)13(18-11)16-6-5-15;;/h3-4,7-8H,5-6,15H2,1-2H3,(H,16,18);2*1H. The van der Waals surface area contributed by atoms with Gasteiger partial charge < -0.3 is 11.1 Å². The third-order valence-electron chi connectivity index (χ3n) is 3.19. The van der Waals surface area contributed by atoms with Gasteiger partial charge in [0, 0.05) is 25.0 Å². The van der Waals surface area contributed by atoms with E-state index in [9.17, 15) is 0 Å². The molecule has 0 aliphatic carbocycles. The van der Waals surface area contributed by atoms with Crippen LogP contribution in [0.2, 0.25) is 0 Å². The molecule has 0 atom stereocenters. The number of nitrogens with zero attached hydrogens (tertiary/aromatic N) is 3. The Hall–Kier alpha value is -1.56.